The first-order valence-corrected chi connectivity index (χ1v) is 7.43. The third kappa shape index (κ3) is 2.67. The number of hydrogen-bond acceptors (Lipinski definition) is 1. The molecule has 2 aromatic rings. The molecule has 0 aromatic heterocycles. The van der Waals surface area contributed by atoms with Crippen LogP contribution in [-0.2, 0) is 30.5 Å². The Morgan fingerprint density at radius 1 is 0.950 bits per heavy atom. The Hall–Kier alpha value is -1.89. The van der Waals surface area contributed by atoms with E-state index in [1.807, 2.05) is 0 Å². The van der Waals surface area contributed by atoms with Crippen LogP contribution >= 0.6 is 0 Å². The molecule has 0 saturated carbocycles. The van der Waals surface area contributed by atoms with E-state index in [1.165, 1.54) is 16.7 Å². The molecule has 20 heavy (non-hydrogen) atoms. The van der Waals surface area contributed by atoms with E-state index in [0.29, 0.717) is 12.2 Å². The number of rotatable bonds is 4. The normalized spacial score (nSPS) is 14.2. The molecule has 0 unspecified atom stereocenters. The minimum absolute atomic E-state index is 0.179. The van der Waals surface area contributed by atoms with E-state index in [1.54, 1.807) is 0 Å². The summed E-state index contributed by atoms with van der Waals surface area (Å²) in [6, 6.07) is 16.9. The molecular weight excluding hydrogens is 244 g/mol. The van der Waals surface area contributed by atoms with Crippen molar-refractivity contribution >= 4 is 5.78 Å². The lowest BCUT2D eigenvalue weighted by molar-refractivity contribution is -0.121. The Balaban J connectivity index is 1.66. The SMILES string of the molecule is CCc1ccc(CC(=O)C2Cc3ccccc3C2)cc1. The van der Waals surface area contributed by atoms with Gasteiger partial charge in [0.15, 0.2) is 0 Å². The molecule has 0 amide bonds. The topological polar surface area (TPSA) is 17.1 Å². The molecule has 1 nitrogen and oxygen atoms in total. The molecule has 2 aromatic carbocycles. The molecule has 0 bridgehead atoms. The van der Waals surface area contributed by atoms with E-state index in [4.69, 9.17) is 0 Å². The van der Waals surface area contributed by atoms with Crippen molar-refractivity contribution in [3.63, 3.8) is 0 Å². The van der Waals surface area contributed by atoms with Gasteiger partial charge < -0.3 is 0 Å². The second-order valence-corrected chi connectivity index (χ2v) is 5.69. The van der Waals surface area contributed by atoms with Crippen LogP contribution in [0.5, 0.6) is 0 Å². The maximum Gasteiger partial charge on any atom is 0.140 e. The molecule has 102 valence electrons. The van der Waals surface area contributed by atoms with Crippen LogP contribution in [0.15, 0.2) is 48.5 Å². The summed E-state index contributed by atoms with van der Waals surface area (Å²) in [7, 11) is 0. The summed E-state index contributed by atoms with van der Waals surface area (Å²) in [4.78, 5) is 12.4. The quantitative estimate of drug-likeness (QED) is 0.821. The molecule has 1 aliphatic rings. The first-order chi connectivity index (χ1) is 9.76. The van der Waals surface area contributed by atoms with Gasteiger partial charge in [0.2, 0.25) is 0 Å². The number of benzene rings is 2. The number of aryl methyl sites for hydroxylation is 1. The number of Topliss-reactive ketones (excluding diaryl/α,β-unsaturated/α-hetero) is 1. The number of ketones is 1. The fourth-order valence-corrected chi connectivity index (χ4v) is 3.02. The largest absolute Gasteiger partial charge is 0.299 e. The lowest BCUT2D eigenvalue weighted by Gasteiger charge is -2.08. The summed E-state index contributed by atoms with van der Waals surface area (Å²) in [5, 5.41) is 0. The molecule has 1 heteroatoms. The van der Waals surface area contributed by atoms with Gasteiger partial charge in [0.25, 0.3) is 0 Å². The van der Waals surface area contributed by atoms with Crippen molar-refractivity contribution < 1.29 is 4.79 Å². The summed E-state index contributed by atoms with van der Waals surface area (Å²) in [5.74, 6) is 0.559. The van der Waals surface area contributed by atoms with Gasteiger partial charge in [-0.05, 0) is 41.5 Å². The fourth-order valence-electron chi connectivity index (χ4n) is 3.02. The standard InChI is InChI=1S/C19H20O/c1-2-14-7-9-15(10-8-14)11-19(20)18-12-16-5-3-4-6-17(16)13-18/h3-10,18H,2,11-13H2,1H3. The first-order valence-electron chi connectivity index (χ1n) is 7.43. The van der Waals surface area contributed by atoms with Gasteiger partial charge in [0.1, 0.15) is 5.78 Å². The van der Waals surface area contributed by atoms with E-state index >= 15 is 0 Å². The Morgan fingerprint density at radius 3 is 2.05 bits per heavy atom. The Kier molecular flexibility index (Phi) is 3.68. The number of carbonyl (C=O) groups excluding carboxylic acids is 1. The number of hydrogen-bond donors (Lipinski definition) is 0. The molecule has 0 fully saturated rings. The summed E-state index contributed by atoms with van der Waals surface area (Å²) in [6.45, 7) is 2.15. The lowest BCUT2D eigenvalue weighted by Crippen LogP contribution is -2.17. The van der Waals surface area contributed by atoms with Gasteiger partial charge in [0, 0.05) is 12.3 Å². The van der Waals surface area contributed by atoms with Crippen molar-refractivity contribution in [2.75, 3.05) is 0 Å². The predicted molar refractivity (Wildman–Crippen MR) is 81.9 cm³/mol. The molecule has 0 aliphatic heterocycles. The van der Waals surface area contributed by atoms with Crippen LogP contribution in [-0.4, -0.2) is 5.78 Å². The minimum atomic E-state index is 0.179. The molecule has 0 atom stereocenters. The van der Waals surface area contributed by atoms with Crippen LogP contribution in [0.3, 0.4) is 0 Å². The number of carbonyl (C=O) groups is 1. The molecule has 1 aliphatic carbocycles. The van der Waals surface area contributed by atoms with Crippen molar-refractivity contribution in [1.29, 1.82) is 0 Å². The molecule has 3 rings (SSSR count). The average Bonchev–Trinajstić information content (AvgIpc) is 2.92. The van der Waals surface area contributed by atoms with E-state index in [2.05, 4.69) is 55.5 Å². The minimum Gasteiger partial charge on any atom is -0.299 e. The van der Waals surface area contributed by atoms with E-state index in [0.717, 1.165) is 24.8 Å². The van der Waals surface area contributed by atoms with Gasteiger partial charge in [-0.1, -0.05) is 55.5 Å². The second-order valence-electron chi connectivity index (χ2n) is 5.69. The van der Waals surface area contributed by atoms with Crippen molar-refractivity contribution in [1.82, 2.24) is 0 Å². The average molecular weight is 264 g/mol. The first kappa shape index (κ1) is 13.1. The smallest absolute Gasteiger partial charge is 0.140 e. The molecule has 0 heterocycles. The number of fused-ring (bicyclic) bond motifs is 1. The van der Waals surface area contributed by atoms with Crippen LogP contribution in [0, 0.1) is 5.92 Å². The lowest BCUT2D eigenvalue weighted by atomic mass is 9.95. The van der Waals surface area contributed by atoms with Crippen LogP contribution in [0.25, 0.3) is 0 Å². The van der Waals surface area contributed by atoms with Gasteiger partial charge >= 0.3 is 0 Å². The highest BCUT2D eigenvalue weighted by atomic mass is 16.1. The van der Waals surface area contributed by atoms with Crippen molar-refractivity contribution in [2.45, 2.75) is 32.6 Å². The zero-order valence-electron chi connectivity index (χ0n) is 11.9. The third-order valence-corrected chi connectivity index (χ3v) is 4.32. The molecule has 0 radical (unpaired) electrons. The van der Waals surface area contributed by atoms with Crippen LogP contribution < -0.4 is 0 Å². The van der Waals surface area contributed by atoms with Gasteiger partial charge in [-0.25, -0.2) is 0 Å². The zero-order valence-corrected chi connectivity index (χ0v) is 11.9. The highest BCUT2D eigenvalue weighted by Crippen LogP contribution is 2.27. The van der Waals surface area contributed by atoms with Crippen molar-refractivity contribution in [3.8, 4) is 0 Å². The summed E-state index contributed by atoms with van der Waals surface area (Å²) < 4.78 is 0. The van der Waals surface area contributed by atoms with E-state index < -0.39 is 0 Å². The van der Waals surface area contributed by atoms with Crippen LogP contribution in [0.4, 0.5) is 0 Å². The monoisotopic (exact) mass is 264 g/mol. The molecule has 0 spiro atoms. The van der Waals surface area contributed by atoms with Gasteiger partial charge in [0.05, 0.1) is 0 Å². The van der Waals surface area contributed by atoms with Gasteiger partial charge in [-0.3, -0.25) is 4.79 Å². The maximum absolute atomic E-state index is 12.4. The Bertz CT molecular complexity index is 585. The van der Waals surface area contributed by atoms with E-state index in [-0.39, 0.29) is 5.92 Å². The van der Waals surface area contributed by atoms with Crippen molar-refractivity contribution in [3.05, 3.63) is 70.8 Å². The van der Waals surface area contributed by atoms with Gasteiger partial charge in [-0.15, -0.1) is 0 Å². The molecule has 0 saturated heterocycles. The predicted octanol–water partition coefficient (Wildman–Crippen LogP) is 3.78. The van der Waals surface area contributed by atoms with Crippen LogP contribution in [0.2, 0.25) is 0 Å². The fraction of sp³-hybridized carbons (Fsp3) is 0.316. The Morgan fingerprint density at radius 2 is 1.50 bits per heavy atom. The summed E-state index contributed by atoms with van der Waals surface area (Å²) >= 11 is 0. The Labute approximate surface area is 120 Å². The second kappa shape index (κ2) is 5.62. The maximum atomic E-state index is 12.4. The summed E-state index contributed by atoms with van der Waals surface area (Å²) in [5.41, 5.74) is 5.18. The highest BCUT2D eigenvalue weighted by molar-refractivity contribution is 5.84. The van der Waals surface area contributed by atoms with Gasteiger partial charge in [-0.2, -0.15) is 0 Å². The molecular formula is C19H20O. The van der Waals surface area contributed by atoms with E-state index in [9.17, 15) is 4.79 Å². The molecule has 0 N–H and O–H groups in total. The van der Waals surface area contributed by atoms with Crippen LogP contribution in [0.1, 0.15) is 29.2 Å². The highest BCUT2D eigenvalue weighted by Gasteiger charge is 2.26. The third-order valence-electron chi connectivity index (χ3n) is 4.32. The zero-order chi connectivity index (χ0) is 13.9. The van der Waals surface area contributed by atoms with Crippen molar-refractivity contribution in [2.24, 2.45) is 5.92 Å². The summed E-state index contributed by atoms with van der Waals surface area (Å²) in [6.07, 6.45) is 3.46.